The van der Waals surface area contributed by atoms with Crippen LogP contribution in [0.25, 0.3) is 0 Å². The minimum Gasteiger partial charge on any atom is -0.330 e. The lowest BCUT2D eigenvalue weighted by atomic mass is 9.70. The van der Waals surface area contributed by atoms with Crippen LogP contribution in [0.5, 0.6) is 0 Å². The van der Waals surface area contributed by atoms with Gasteiger partial charge in [0.15, 0.2) is 0 Å². The molecule has 1 aliphatic rings. The van der Waals surface area contributed by atoms with Crippen molar-refractivity contribution in [1.29, 1.82) is 0 Å². The number of nitrogens with two attached hydrogens (primary N) is 1. The second kappa shape index (κ2) is 5.68. The molecular formula is C16H25N. The number of rotatable bonds is 3. The summed E-state index contributed by atoms with van der Waals surface area (Å²) in [6, 6.07) is 9.01. The molecule has 3 atom stereocenters. The van der Waals surface area contributed by atoms with Gasteiger partial charge in [0.2, 0.25) is 0 Å². The van der Waals surface area contributed by atoms with Crippen LogP contribution >= 0.6 is 0 Å². The molecular weight excluding hydrogens is 206 g/mol. The summed E-state index contributed by atoms with van der Waals surface area (Å²) in [5.41, 5.74) is 8.84. The van der Waals surface area contributed by atoms with E-state index in [9.17, 15) is 0 Å². The van der Waals surface area contributed by atoms with E-state index in [1.54, 1.807) is 0 Å². The molecule has 0 spiro atoms. The van der Waals surface area contributed by atoms with E-state index in [1.165, 1.54) is 36.8 Å². The van der Waals surface area contributed by atoms with Crippen LogP contribution < -0.4 is 5.73 Å². The van der Waals surface area contributed by atoms with Gasteiger partial charge in [0.1, 0.15) is 0 Å². The van der Waals surface area contributed by atoms with Gasteiger partial charge in [0, 0.05) is 0 Å². The van der Waals surface area contributed by atoms with Crippen molar-refractivity contribution in [1.82, 2.24) is 0 Å². The normalized spacial score (nSPS) is 29.2. The maximum absolute atomic E-state index is 5.96. The minimum atomic E-state index is 0.693. The lowest BCUT2D eigenvalue weighted by molar-refractivity contribution is 0.236. The van der Waals surface area contributed by atoms with Crippen LogP contribution in [-0.4, -0.2) is 6.54 Å². The number of benzene rings is 1. The number of hydrogen-bond acceptors (Lipinski definition) is 1. The fourth-order valence-electron chi connectivity index (χ4n) is 3.28. The average molecular weight is 231 g/mol. The summed E-state index contributed by atoms with van der Waals surface area (Å²) in [7, 11) is 0. The van der Waals surface area contributed by atoms with Crippen molar-refractivity contribution >= 4 is 0 Å². The lowest BCUT2D eigenvalue weighted by Crippen LogP contribution is -2.28. The topological polar surface area (TPSA) is 26.0 Å². The van der Waals surface area contributed by atoms with Crippen molar-refractivity contribution < 1.29 is 0 Å². The predicted octanol–water partition coefficient (Wildman–Crippen LogP) is 3.86. The van der Waals surface area contributed by atoms with Crippen LogP contribution in [0, 0.1) is 18.8 Å². The maximum Gasteiger partial charge on any atom is -0.00430 e. The third-order valence-electron chi connectivity index (χ3n) is 4.45. The molecule has 0 aromatic heterocycles. The zero-order chi connectivity index (χ0) is 12.3. The summed E-state index contributed by atoms with van der Waals surface area (Å²) in [5.74, 6) is 2.29. The molecule has 94 valence electrons. The molecule has 0 aliphatic heterocycles. The quantitative estimate of drug-likeness (QED) is 0.839. The highest BCUT2D eigenvalue weighted by Gasteiger charge is 2.29. The molecule has 1 saturated carbocycles. The SMILES string of the molecule is CCC1CCC(CN)C(c2cccc(C)c2)C1. The van der Waals surface area contributed by atoms with E-state index in [4.69, 9.17) is 5.73 Å². The Morgan fingerprint density at radius 1 is 1.29 bits per heavy atom. The second-order valence-electron chi connectivity index (χ2n) is 5.60. The van der Waals surface area contributed by atoms with Gasteiger partial charge in [0.05, 0.1) is 0 Å². The van der Waals surface area contributed by atoms with Crippen LogP contribution in [0.1, 0.15) is 49.7 Å². The van der Waals surface area contributed by atoms with Crippen molar-refractivity contribution in [2.45, 2.75) is 45.4 Å². The Hall–Kier alpha value is -0.820. The van der Waals surface area contributed by atoms with E-state index in [1.807, 2.05) is 0 Å². The minimum absolute atomic E-state index is 0.693. The van der Waals surface area contributed by atoms with E-state index in [0.717, 1.165) is 12.5 Å². The molecule has 2 rings (SSSR count). The number of aryl methyl sites for hydroxylation is 1. The van der Waals surface area contributed by atoms with Gasteiger partial charge in [-0.25, -0.2) is 0 Å². The second-order valence-corrected chi connectivity index (χ2v) is 5.60. The zero-order valence-corrected chi connectivity index (χ0v) is 11.2. The van der Waals surface area contributed by atoms with Crippen LogP contribution in [0.2, 0.25) is 0 Å². The highest BCUT2D eigenvalue weighted by atomic mass is 14.6. The molecule has 1 aromatic carbocycles. The smallest absolute Gasteiger partial charge is 0.00430 e. The van der Waals surface area contributed by atoms with E-state index >= 15 is 0 Å². The van der Waals surface area contributed by atoms with Gasteiger partial charge in [0.25, 0.3) is 0 Å². The highest BCUT2D eigenvalue weighted by Crippen LogP contribution is 2.41. The summed E-state index contributed by atoms with van der Waals surface area (Å²) in [5, 5.41) is 0. The van der Waals surface area contributed by atoms with Gasteiger partial charge in [-0.3, -0.25) is 0 Å². The zero-order valence-electron chi connectivity index (χ0n) is 11.2. The van der Waals surface area contributed by atoms with Crippen molar-refractivity contribution in [2.75, 3.05) is 6.54 Å². The summed E-state index contributed by atoms with van der Waals surface area (Å²) in [6.07, 6.45) is 5.34. The van der Waals surface area contributed by atoms with Crippen LogP contribution in [-0.2, 0) is 0 Å². The molecule has 3 unspecified atom stereocenters. The van der Waals surface area contributed by atoms with Gasteiger partial charge in [-0.15, -0.1) is 0 Å². The first-order valence-electron chi connectivity index (χ1n) is 7.01. The predicted molar refractivity (Wildman–Crippen MR) is 74.1 cm³/mol. The van der Waals surface area contributed by atoms with Gasteiger partial charge in [-0.1, -0.05) is 49.6 Å². The number of hydrogen-bond donors (Lipinski definition) is 1. The first-order valence-corrected chi connectivity index (χ1v) is 7.01. The summed E-state index contributed by atoms with van der Waals surface area (Å²) in [4.78, 5) is 0. The van der Waals surface area contributed by atoms with Crippen molar-refractivity contribution in [2.24, 2.45) is 17.6 Å². The molecule has 1 aliphatic carbocycles. The molecule has 0 amide bonds. The van der Waals surface area contributed by atoms with E-state index in [0.29, 0.717) is 11.8 Å². The van der Waals surface area contributed by atoms with Crippen LogP contribution in [0.15, 0.2) is 24.3 Å². The molecule has 1 fully saturated rings. The van der Waals surface area contributed by atoms with Crippen molar-refractivity contribution in [3.8, 4) is 0 Å². The highest BCUT2D eigenvalue weighted by molar-refractivity contribution is 5.26. The van der Waals surface area contributed by atoms with E-state index < -0.39 is 0 Å². The Kier molecular flexibility index (Phi) is 4.22. The molecule has 1 aromatic rings. The van der Waals surface area contributed by atoms with Gasteiger partial charge >= 0.3 is 0 Å². The summed E-state index contributed by atoms with van der Waals surface area (Å²) < 4.78 is 0. The molecule has 2 N–H and O–H groups in total. The summed E-state index contributed by atoms with van der Waals surface area (Å²) in [6.45, 7) is 5.34. The monoisotopic (exact) mass is 231 g/mol. The van der Waals surface area contributed by atoms with E-state index in [-0.39, 0.29) is 0 Å². The third kappa shape index (κ3) is 2.90. The Morgan fingerprint density at radius 2 is 2.12 bits per heavy atom. The van der Waals surface area contributed by atoms with Crippen LogP contribution in [0.3, 0.4) is 0 Å². The Balaban J connectivity index is 2.20. The lowest BCUT2D eigenvalue weighted by Gasteiger charge is -2.35. The third-order valence-corrected chi connectivity index (χ3v) is 4.45. The van der Waals surface area contributed by atoms with E-state index in [2.05, 4.69) is 38.1 Å². The Labute approximate surface area is 105 Å². The Bertz CT molecular complexity index is 358. The van der Waals surface area contributed by atoms with Crippen molar-refractivity contribution in [3.05, 3.63) is 35.4 Å². The summed E-state index contributed by atoms with van der Waals surface area (Å²) >= 11 is 0. The first-order chi connectivity index (χ1) is 8.24. The Morgan fingerprint density at radius 3 is 2.76 bits per heavy atom. The van der Waals surface area contributed by atoms with Crippen LogP contribution in [0.4, 0.5) is 0 Å². The van der Waals surface area contributed by atoms with Gasteiger partial charge in [-0.2, -0.15) is 0 Å². The molecule has 1 heteroatoms. The molecule has 17 heavy (non-hydrogen) atoms. The standard InChI is InChI=1S/C16H25N/c1-3-13-7-8-15(11-17)16(10-13)14-6-4-5-12(2)9-14/h4-6,9,13,15-16H,3,7-8,10-11,17H2,1-2H3. The fourth-order valence-corrected chi connectivity index (χ4v) is 3.28. The molecule has 0 saturated heterocycles. The van der Waals surface area contributed by atoms with Crippen molar-refractivity contribution in [3.63, 3.8) is 0 Å². The molecule has 0 heterocycles. The fraction of sp³-hybridized carbons (Fsp3) is 0.625. The molecule has 0 radical (unpaired) electrons. The molecule has 0 bridgehead atoms. The average Bonchev–Trinajstić information content (AvgIpc) is 2.38. The van der Waals surface area contributed by atoms with Gasteiger partial charge in [-0.05, 0) is 49.6 Å². The largest absolute Gasteiger partial charge is 0.330 e. The maximum atomic E-state index is 5.96. The van der Waals surface area contributed by atoms with Gasteiger partial charge < -0.3 is 5.73 Å². The first kappa shape index (κ1) is 12.6. The molecule has 1 nitrogen and oxygen atoms in total.